The Labute approximate surface area is 91.1 Å². The second-order valence-electron chi connectivity index (χ2n) is 3.81. The van der Waals surface area contributed by atoms with Gasteiger partial charge in [0.05, 0.1) is 6.20 Å². The summed E-state index contributed by atoms with van der Waals surface area (Å²) in [7, 11) is 0. The number of nitrogens with one attached hydrogen (secondary N) is 1. The van der Waals surface area contributed by atoms with Crippen LogP contribution in [0.15, 0.2) is 6.20 Å². The lowest BCUT2D eigenvalue weighted by Gasteiger charge is -2.01. The zero-order valence-corrected chi connectivity index (χ0v) is 9.00. The molecule has 0 saturated heterocycles. The van der Waals surface area contributed by atoms with E-state index in [4.69, 9.17) is 0 Å². The van der Waals surface area contributed by atoms with Crippen molar-refractivity contribution in [3.05, 3.63) is 12.0 Å². The van der Waals surface area contributed by atoms with Gasteiger partial charge >= 0.3 is 0 Å². The Morgan fingerprint density at radius 2 is 2.20 bits per heavy atom. The molecule has 5 nitrogen and oxygen atoms in total. The number of hydrogen-bond donors (Lipinski definition) is 1. The summed E-state index contributed by atoms with van der Waals surface area (Å²) in [6.45, 7) is 0. The van der Waals surface area contributed by atoms with Gasteiger partial charge in [0, 0.05) is 5.92 Å². The molecule has 0 unspecified atom stereocenters. The largest absolute Gasteiger partial charge is 0.262 e. The molecular weight excluding hydrogens is 210 g/mol. The van der Waals surface area contributed by atoms with E-state index in [1.807, 2.05) is 0 Å². The summed E-state index contributed by atoms with van der Waals surface area (Å²) in [6.07, 6.45) is 6.78. The van der Waals surface area contributed by atoms with Gasteiger partial charge in [-0.15, -0.1) is 5.10 Å². The molecule has 0 amide bonds. The molecule has 1 aliphatic carbocycles. The standard InChI is InChI=1S/C9H11N5S/c1-2-4-6(3-1)8-11-9(13-12-8)7-5-10-14-15-7/h5-6H,1-4H2,(H,11,12,13). The van der Waals surface area contributed by atoms with Crippen LogP contribution in [0.2, 0.25) is 0 Å². The molecule has 1 N–H and O–H groups in total. The Bertz CT molecular complexity index is 429. The van der Waals surface area contributed by atoms with Crippen LogP contribution in [0.4, 0.5) is 0 Å². The molecule has 0 aromatic carbocycles. The quantitative estimate of drug-likeness (QED) is 0.842. The van der Waals surface area contributed by atoms with Crippen molar-refractivity contribution in [2.45, 2.75) is 31.6 Å². The number of H-pyrrole nitrogens is 1. The van der Waals surface area contributed by atoms with Crippen LogP contribution in [0.25, 0.3) is 10.7 Å². The van der Waals surface area contributed by atoms with Gasteiger partial charge in [0.25, 0.3) is 0 Å². The number of aromatic amines is 1. The molecule has 2 aromatic rings. The van der Waals surface area contributed by atoms with Gasteiger partial charge in [-0.1, -0.05) is 17.3 Å². The third-order valence-electron chi connectivity index (χ3n) is 2.83. The van der Waals surface area contributed by atoms with Crippen LogP contribution in [-0.4, -0.2) is 24.8 Å². The van der Waals surface area contributed by atoms with Gasteiger partial charge in [0.1, 0.15) is 10.7 Å². The predicted molar refractivity (Wildman–Crippen MR) is 56.5 cm³/mol. The molecule has 3 rings (SSSR count). The van der Waals surface area contributed by atoms with Crippen LogP contribution in [0, 0.1) is 0 Å². The van der Waals surface area contributed by atoms with Crippen molar-refractivity contribution in [2.75, 3.05) is 0 Å². The first-order valence-electron chi connectivity index (χ1n) is 5.13. The number of hydrogen-bond acceptors (Lipinski definition) is 5. The average molecular weight is 221 g/mol. The maximum atomic E-state index is 4.50. The van der Waals surface area contributed by atoms with E-state index in [1.54, 1.807) is 6.20 Å². The normalized spacial score (nSPS) is 17.3. The van der Waals surface area contributed by atoms with Gasteiger partial charge in [0.15, 0.2) is 5.82 Å². The second kappa shape index (κ2) is 3.69. The Morgan fingerprint density at radius 1 is 1.33 bits per heavy atom. The van der Waals surface area contributed by atoms with E-state index in [2.05, 4.69) is 24.8 Å². The van der Waals surface area contributed by atoms with Crippen molar-refractivity contribution in [2.24, 2.45) is 0 Å². The summed E-state index contributed by atoms with van der Waals surface area (Å²) in [5.41, 5.74) is 0. The van der Waals surface area contributed by atoms with Crippen LogP contribution in [0.5, 0.6) is 0 Å². The Kier molecular flexibility index (Phi) is 2.21. The summed E-state index contributed by atoms with van der Waals surface area (Å²) in [5, 5.41) is 11.0. The van der Waals surface area contributed by atoms with E-state index in [0.717, 1.165) is 16.5 Å². The Hall–Kier alpha value is -1.30. The fourth-order valence-corrected chi connectivity index (χ4v) is 2.48. The highest BCUT2D eigenvalue weighted by atomic mass is 32.1. The molecule has 0 aliphatic heterocycles. The summed E-state index contributed by atoms with van der Waals surface area (Å²) in [4.78, 5) is 5.42. The maximum absolute atomic E-state index is 4.50. The average Bonchev–Trinajstić information content (AvgIpc) is 3.02. The molecule has 2 heterocycles. The Balaban J connectivity index is 1.87. The van der Waals surface area contributed by atoms with Gasteiger partial charge in [-0.05, 0) is 24.4 Å². The van der Waals surface area contributed by atoms with Crippen molar-refractivity contribution in [3.63, 3.8) is 0 Å². The number of nitrogens with zero attached hydrogens (tertiary/aromatic N) is 4. The first kappa shape index (κ1) is 8.96. The lowest BCUT2D eigenvalue weighted by molar-refractivity contribution is 0.672. The zero-order valence-electron chi connectivity index (χ0n) is 8.18. The van der Waals surface area contributed by atoms with Gasteiger partial charge in [-0.3, -0.25) is 5.10 Å². The summed E-state index contributed by atoms with van der Waals surface area (Å²) in [5.74, 6) is 2.33. The van der Waals surface area contributed by atoms with E-state index in [0.29, 0.717) is 5.92 Å². The molecule has 0 spiro atoms. The van der Waals surface area contributed by atoms with E-state index >= 15 is 0 Å². The van der Waals surface area contributed by atoms with Crippen molar-refractivity contribution in [1.82, 2.24) is 24.8 Å². The summed E-state index contributed by atoms with van der Waals surface area (Å²) in [6, 6.07) is 0. The van der Waals surface area contributed by atoms with Crippen molar-refractivity contribution >= 4 is 11.5 Å². The van der Waals surface area contributed by atoms with Crippen LogP contribution >= 0.6 is 11.5 Å². The molecule has 0 radical (unpaired) electrons. The lowest BCUT2D eigenvalue weighted by Crippen LogP contribution is -1.94. The minimum atomic E-state index is 0.576. The molecule has 6 heteroatoms. The highest BCUT2D eigenvalue weighted by Crippen LogP contribution is 2.32. The van der Waals surface area contributed by atoms with Gasteiger partial charge in [-0.2, -0.15) is 5.10 Å². The van der Waals surface area contributed by atoms with E-state index in [-0.39, 0.29) is 0 Å². The third kappa shape index (κ3) is 1.65. The highest BCUT2D eigenvalue weighted by Gasteiger charge is 2.21. The molecular formula is C9H11N5S. The maximum Gasteiger partial charge on any atom is 0.194 e. The molecule has 15 heavy (non-hydrogen) atoms. The molecule has 1 fully saturated rings. The fourth-order valence-electron chi connectivity index (χ4n) is 2.03. The molecule has 0 atom stereocenters. The van der Waals surface area contributed by atoms with E-state index in [1.165, 1.54) is 37.2 Å². The first-order chi connectivity index (χ1) is 7.43. The molecule has 1 aliphatic rings. The van der Waals surface area contributed by atoms with Crippen LogP contribution < -0.4 is 0 Å². The number of rotatable bonds is 2. The topological polar surface area (TPSA) is 67.3 Å². The monoisotopic (exact) mass is 221 g/mol. The van der Waals surface area contributed by atoms with Crippen LogP contribution in [-0.2, 0) is 0 Å². The van der Waals surface area contributed by atoms with E-state index in [9.17, 15) is 0 Å². The summed E-state index contributed by atoms with van der Waals surface area (Å²) >= 11 is 1.33. The second-order valence-corrected chi connectivity index (χ2v) is 4.59. The Morgan fingerprint density at radius 3 is 2.93 bits per heavy atom. The van der Waals surface area contributed by atoms with Gasteiger partial charge in [0.2, 0.25) is 0 Å². The summed E-state index contributed by atoms with van der Waals surface area (Å²) < 4.78 is 3.80. The predicted octanol–water partition coefficient (Wildman–Crippen LogP) is 1.98. The smallest absolute Gasteiger partial charge is 0.194 e. The molecule has 0 bridgehead atoms. The molecule has 1 saturated carbocycles. The SMILES string of the molecule is c1nnsc1-c1n[nH]c(C2CCCC2)n1. The van der Waals surface area contributed by atoms with Crippen LogP contribution in [0.1, 0.15) is 37.4 Å². The van der Waals surface area contributed by atoms with Gasteiger partial charge < -0.3 is 0 Å². The minimum absolute atomic E-state index is 0.576. The van der Waals surface area contributed by atoms with Crippen molar-refractivity contribution < 1.29 is 0 Å². The zero-order chi connectivity index (χ0) is 10.1. The fraction of sp³-hybridized carbons (Fsp3) is 0.556. The van der Waals surface area contributed by atoms with E-state index < -0.39 is 0 Å². The van der Waals surface area contributed by atoms with Gasteiger partial charge in [-0.25, -0.2) is 4.98 Å². The third-order valence-corrected chi connectivity index (χ3v) is 3.49. The first-order valence-corrected chi connectivity index (χ1v) is 5.91. The van der Waals surface area contributed by atoms with Crippen molar-refractivity contribution in [1.29, 1.82) is 0 Å². The molecule has 2 aromatic heterocycles. The minimum Gasteiger partial charge on any atom is -0.262 e. The molecule has 78 valence electrons. The van der Waals surface area contributed by atoms with Crippen LogP contribution in [0.3, 0.4) is 0 Å². The highest BCUT2D eigenvalue weighted by molar-refractivity contribution is 7.09. The lowest BCUT2D eigenvalue weighted by atomic mass is 10.1. The van der Waals surface area contributed by atoms with Crippen molar-refractivity contribution in [3.8, 4) is 10.7 Å². The number of aromatic nitrogens is 5.